The summed E-state index contributed by atoms with van der Waals surface area (Å²) in [6.45, 7) is 3.99. The first-order chi connectivity index (χ1) is 7.52. The van der Waals surface area contributed by atoms with E-state index in [0.717, 1.165) is 18.9 Å². The van der Waals surface area contributed by atoms with Crippen molar-refractivity contribution in [3.63, 3.8) is 0 Å². The lowest BCUT2D eigenvalue weighted by Gasteiger charge is -2.18. The number of aliphatic hydroxyl groups excluding tert-OH is 1. The summed E-state index contributed by atoms with van der Waals surface area (Å²) in [6, 6.07) is 3.38. The quantitative estimate of drug-likeness (QED) is 0.819. The first-order valence-corrected chi connectivity index (χ1v) is 5.66. The van der Waals surface area contributed by atoms with Crippen molar-refractivity contribution in [3.05, 3.63) is 35.4 Å². The molecule has 0 aliphatic rings. The normalized spacial score (nSPS) is 14.8. The van der Waals surface area contributed by atoms with E-state index < -0.39 is 17.7 Å². The molecule has 0 aliphatic heterocycles. The lowest BCUT2D eigenvalue weighted by atomic mass is 9.94. The molecule has 0 aromatic heterocycles. The number of aliphatic hydroxyl groups is 1. The Balaban J connectivity index is 2.65. The zero-order valence-electron chi connectivity index (χ0n) is 9.71. The third-order valence-electron chi connectivity index (χ3n) is 2.77. The molecule has 1 aromatic carbocycles. The van der Waals surface area contributed by atoms with Gasteiger partial charge in [-0.25, -0.2) is 8.78 Å². The molecular weight excluding hydrogens is 210 g/mol. The average Bonchev–Trinajstić information content (AvgIpc) is 2.16. The van der Waals surface area contributed by atoms with Gasteiger partial charge in [-0.1, -0.05) is 20.3 Å². The van der Waals surface area contributed by atoms with Gasteiger partial charge in [-0.05, 0) is 36.5 Å². The molecule has 0 fully saturated rings. The molecule has 2 unspecified atom stereocenters. The van der Waals surface area contributed by atoms with Crippen LogP contribution in [-0.4, -0.2) is 11.2 Å². The molecule has 0 bridgehead atoms. The van der Waals surface area contributed by atoms with Gasteiger partial charge < -0.3 is 5.11 Å². The number of hydrogen-bond acceptors (Lipinski definition) is 1. The highest BCUT2D eigenvalue weighted by molar-refractivity contribution is 5.18. The minimum Gasteiger partial charge on any atom is -0.393 e. The highest BCUT2D eigenvalue weighted by atomic mass is 19.1. The molecule has 1 nitrogen and oxygen atoms in total. The van der Waals surface area contributed by atoms with Crippen LogP contribution in [0.15, 0.2) is 18.2 Å². The van der Waals surface area contributed by atoms with Crippen LogP contribution in [0.4, 0.5) is 8.78 Å². The van der Waals surface area contributed by atoms with Gasteiger partial charge in [-0.15, -0.1) is 0 Å². The van der Waals surface area contributed by atoms with E-state index in [-0.39, 0.29) is 5.92 Å². The predicted octanol–water partition coefficient (Wildman–Crippen LogP) is 3.30. The highest BCUT2D eigenvalue weighted by Gasteiger charge is 2.14. The Morgan fingerprint density at radius 2 is 1.75 bits per heavy atom. The van der Waals surface area contributed by atoms with Gasteiger partial charge in [0.25, 0.3) is 0 Å². The third kappa shape index (κ3) is 3.89. The molecule has 3 heteroatoms. The van der Waals surface area contributed by atoms with Crippen LogP contribution in [0.2, 0.25) is 0 Å². The third-order valence-corrected chi connectivity index (χ3v) is 2.77. The summed E-state index contributed by atoms with van der Waals surface area (Å²) in [5.74, 6) is -1.04. The van der Waals surface area contributed by atoms with Crippen LogP contribution >= 0.6 is 0 Å². The van der Waals surface area contributed by atoms with Crippen molar-refractivity contribution < 1.29 is 13.9 Å². The molecule has 0 heterocycles. The maximum Gasteiger partial charge on any atom is 0.126 e. The zero-order valence-corrected chi connectivity index (χ0v) is 9.71. The van der Waals surface area contributed by atoms with Crippen LogP contribution in [-0.2, 0) is 6.42 Å². The van der Waals surface area contributed by atoms with Crippen molar-refractivity contribution in [3.8, 4) is 0 Å². The van der Waals surface area contributed by atoms with Crippen molar-refractivity contribution in [2.45, 2.75) is 39.2 Å². The molecular formula is C13H18F2O. The lowest BCUT2D eigenvalue weighted by molar-refractivity contribution is 0.111. The van der Waals surface area contributed by atoms with Gasteiger partial charge in [0, 0.05) is 6.07 Å². The summed E-state index contributed by atoms with van der Waals surface area (Å²) < 4.78 is 25.8. The summed E-state index contributed by atoms with van der Waals surface area (Å²) in [5, 5.41) is 9.84. The summed E-state index contributed by atoms with van der Waals surface area (Å²) >= 11 is 0. The maximum atomic E-state index is 12.9. The SMILES string of the molecule is CCCC(C)C(O)Cc1cc(F)cc(F)c1. The zero-order chi connectivity index (χ0) is 12.1. The number of hydrogen-bond donors (Lipinski definition) is 1. The molecule has 0 aliphatic carbocycles. The molecule has 0 spiro atoms. The van der Waals surface area contributed by atoms with E-state index in [1.807, 2.05) is 13.8 Å². The molecule has 1 N–H and O–H groups in total. The molecule has 1 rings (SSSR count). The molecule has 0 amide bonds. The number of benzene rings is 1. The van der Waals surface area contributed by atoms with E-state index in [2.05, 4.69) is 0 Å². The molecule has 0 saturated heterocycles. The van der Waals surface area contributed by atoms with E-state index in [4.69, 9.17) is 0 Å². The molecule has 16 heavy (non-hydrogen) atoms. The molecule has 1 aromatic rings. The minimum atomic E-state index is -0.592. The van der Waals surface area contributed by atoms with Crippen molar-refractivity contribution in [1.82, 2.24) is 0 Å². The Labute approximate surface area is 95.1 Å². The lowest BCUT2D eigenvalue weighted by Crippen LogP contribution is -2.20. The van der Waals surface area contributed by atoms with Gasteiger partial charge in [-0.2, -0.15) is 0 Å². The average molecular weight is 228 g/mol. The largest absolute Gasteiger partial charge is 0.393 e. The topological polar surface area (TPSA) is 20.2 Å². The number of rotatable bonds is 5. The predicted molar refractivity (Wildman–Crippen MR) is 60.1 cm³/mol. The molecule has 90 valence electrons. The first kappa shape index (κ1) is 13.1. The van der Waals surface area contributed by atoms with Gasteiger partial charge in [0.2, 0.25) is 0 Å². The summed E-state index contributed by atoms with van der Waals surface area (Å²) in [7, 11) is 0. The second-order valence-electron chi connectivity index (χ2n) is 4.32. The Morgan fingerprint density at radius 3 is 2.25 bits per heavy atom. The number of halogens is 2. The van der Waals surface area contributed by atoms with E-state index in [9.17, 15) is 13.9 Å². The van der Waals surface area contributed by atoms with Gasteiger partial charge in [0.15, 0.2) is 0 Å². The van der Waals surface area contributed by atoms with Gasteiger partial charge in [0.1, 0.15) is 11.6 Å². The van der Waals surface area contributed by atoms with Crippen LogP contribution in [0.3, 0.4) is 0 Å². The fraction of sp³-hybridized carbons (Fsp3) is 0.538. The Morgan fingerprint density at radius 1 is 1.19 bits per heavy atom. The molecule has 0 radical (unpaired) electrons. The van der Waals surface area contributed by atoms with E-state index in [1.54, 1.807) is 0 Å². The van der Waals surface area contributed by atoms with Crippen LogP contribution in [0, 0.1) is 17.6 Å². The second kappa shape index (κ2) is 5.94. The fourth-order valence-corrected chi connectivity index (χ4v) is 1.82. The molecule has 0 saturated carbocycles. The van der Waals surface area contributed by atoms with Crippen LogP contribution in [0.1, 0.15) is 32.3 Å². The highest BCUT2D eigenvalue weighted by Crippen LogP contribution is 2.16. The van der Waals surface area contributed by atoms with Gasteiger partial charge in [0.05, 0.1) is 6.10 Å². The summed E-state index contributed by atoms with van der Waals surface area (Å²) in [4.78, 5) is 0. The van der Waals surface area contributed by atoms with Crippen molar-refractivity contribution in [2.24, 2.45) is 5.92 Å². The van der Waals surface area contributed by atoms with Crippen LogP contribution in [0.5, 0.6) is 0 Å². The van der Waals surface area contributed by atoms with Crippen molar-refractivity contribution in [2.75, 3.05) is 0 Å². The monoisotopic (exact) mass is 228 g/mol. The first-order valence-electron chi connectivity index (χ1n) is 5.66. The van der Waals surface area contributed by atoms with E-state index in [0.29, 0.717) is 12.0 Å². The van der Waals surface area contributed by atoms with Crippen molar-refractivity contribution in [1.29, 1.82) is 0 Å². The summed E-state index contributed by atoms with van der Waals surface area (Å²) in [6.07, 6.45) is 1.67. The van der Waals surface area contributed by atoms with Crippen molar-refractivity contribution >= 4 is 0 Å². The Hall–Kier alpha value is -0.960. The van der Waals surface area contributed by atoms with Crippen LogP contribution < -0.4 is 0 Å². The minimum absolute atomic E-state index is 0.149. The maximum absolute atomic E-state index is 12.9. The summed E-state index contributed by atoms with van der Waals surface area (Å²) in [5.41, 5.74) is 0.507. The van der Waals surface area contributed by atoms with Gasteiger partial charge >= 0.3 is 0 Å². The smallest absolute Gasteiger partial charge is 0.126 e. The Kier molecular flexibility index (Phi) is 4.87. The standard InChI is InChI=1S/C13H18F2O/c1-3-4-9(2)13(16)7-10-5-11(14)8-12(15)6-10/h5-6,8-9,13,16H,3-4,7H2,1-2H3. The van der Waals surface area contributed by atoms with E-state index >= 15 is 0 Å². The van der Waals surface area contributed by atoms with Crippen LogP contribution in [0.25, 0.3) is 0 Å². The fourth-order valence-electron chi connectivity index (χ4n) is 1.82. The Bertz CT molecular complexity index is 318. The van der Waals surface area contributed by atoms with Gasteiger partial charge in [-0.3, -0.25) is 0 Å². The van der Waals surface area contributed by atoms with E-state index in [1.165, 1.54) is 12.1 Å². The molecule has 2 atom stereocenters. The second-order valence-corrected chi connectivity index (χ2v) is 4.32.